The predicted octanol–water partition coefficient (Wildman–Crippen LogP) is 5.41. The first-order valence-electron chi connectivity index (χ1n) is 14.6. The van der Waals surface area contributed by atoms with Gasteiger partial charge in [0.1, 0.15) is 0 Å². The number of nitrogens with zero attached hydrogens (tertiary/aromatic N) is 1. The summed E-state index contributed by atoms with van der Waals surface area (Å²) in [6.07, 6.45) is 7.70. The summed E-state index contributed by atoms with van der Waals surface area (Å²) in [5.74, 6) is 4.37. The molecule has 0 heterocycles. The Morgan fingerprint density at radius 1 is 1.00 bits per heavy atom. The molecule has 4 nitrogen and oxygen atoms in total. The molecule has 0 unspecified atom stereocenters. The molecule has 4 heteroatoms. The molecule has 1 aromatic rings. The fourth-order valence-corrected chi connectivity index (χ4v) is 9.29. The zero-order chi connectivity index (χ0) is 25.7. The minimum atomic E-state index is -0.402. The van der Waals surface area contributed by atoms with E-state index in [2.05, 4.69) is 63.1 Å². The molecule has 3 N–H and O–H groups in total. The second kappa shape index (κ2) is 10.3. The molecule has 0 aromatic heterocycles. The van der Waals surface area contributed by atoms with Gasteiger partial charge in [-0.15, -0.1) is 0 Å². The van der Waals surface area contributed by atoms with Gasteiger partial charge in [0.2, 0.25) is 0 Å². The van der Waals surface area contributed by atoms with Crippen LogP contribution in [0, 0.1) is 46.3 Å². The van der Waals surface area contributed by atoms with Gasteiger partial charge in [-0.05, 0) is 112 Å². The summed E-state index contributed by atoms with van der Waals surface area (Å²) in [5.41, 5.74) is 1.26. The molecule has 0 spiro atoms. The van der Waals surface area contributed by atoms with Gasteiger partial charge in [0.25, 0.3) is 0 Å². The minimum absolute atomic E-state index is 0.0309. The number of aliphatic hydroxyl groups is 3. The van der Waals surface area contributed by atoms with Crippen LogP contribution in [-0.4, -0.2) is 52.1 Å². The predicted molar refractivity (Wildman–Crippen MR) is 145 cm³/mol. The summed E-state index contributed by atoms with van der Waals surface area (Å²) in [5, 5.41) is 33.5. The molecule has 36 heavy (non-hydrogen) atoms. The first-order chi connectivity index (χ1) is 17.1. The summed E-state index contributed by atoms with van der Waals surface area (Å²) >= 11 is 0. The Bertz CT molecular complexity index is 877. The van der Waals surface area contributed by atoms with E-state index in [0.29, 0.717) is 17.8 Å². The Kier molecular flexibility index (Phi) is 7.64. The van der Waals surface area contributed by atoms with Crippen molar-refractivity contribution in [1.82, 2.24) is 4.90 Å². The highest BCUT2D eigenvalue weighted by Crippen LogP contribution is 2.69. The van der Waals surface area contributed by atoms with Crippen LogP contribution in [0.3, 0.4) is 0 Å². The SMILES string of the molecule is C[C@@H](CCCN(C)Cc1ccccc1)[C@H]1CC[C@H]2[C]3[C@H](O)C[C]4C[C@H](O)CC[C@]4(C)[C@H]3C[C@H](O)[C@]12C. The van der Waals surface area contributed by atoms with Crippen molar-refractivity contribution >= 4 is 0 Å². The number of hydrogen-bond acceptors (Lipinski definition) is 4. The average molecular weight is 496 g/mol. The highest BCUT2D eigenvalue weighted by atomic mass is 16.3. The molecule has 0 aliphatic heterocycles. The molecule has 0 amide bonds. The van der Waals surface area contributed by atoms with Crippen LogP contribution in [0.5, 0.6) is 0 Å². The molecule has 9 atom stereocenters. The molecular weight excluding hydrogens is 446 g/mol. The molecule has 4 aliphatic carbocycles. The van der Waals surface area contributed by atoms with Crippen LogP contribution < -0.4 is 0 Å². The maximum absolute atomic E-state index is 11.8. The lowest BCUT2D eigenvalue weighted by molar-refractivity contribution is -0.121. The fourth-order valence-electron chi connectivity index (χ4n) is 9.29. The van der Waals surface area contributed by atoms with Gasteiger partial charge in [-0.1, -0.05) is 51.1 Å². The van der Waals surface area contributed by atoms with Crippen LogP contribution in [0.15, 0.2) is 30.3 Å². The number of aliphatic hydroxyl groups excluding tert-OH is 3. The van der Waals surface area contributed by atoms with E-state index in [1.54, 1.807) is 0 Å². The first-order valence-corrected chi connectivity index (χ1v) is 14.6. The van der Waals surface area contributed by atoms with E-state index in [-0.39, 0.29) is 29.0 Å². The van der Waals surface area contributed by atoms with Crippen LogP contribution in [0.1, 0.15) is 84.1 Å². The number of benzene rings is 1. The zero-order valence-electron chi connectivity index (χ0n) is 23.0. The van der Waals surface area contributed by atoms with Crippen LogP contribution in [-0.2, 0) is 6.54 Å². The molecule has 0 saturated heterocycles. The Balaban J connectivity index is 1.24. The van der Waals surface area contributed by atoms with Gasteiger partial charge in [0, 0.05) is 17.9 Å². The minimum Gasteiger partial charge on any atom is -0.393 e. The van der Waals surface area contributed by atoms with Crippen molar-refractivity contribution < 1.29 is 15.3 Å². The van der Waals surface area contributed by atoms with E-state index in [1.807, 2.05) is 0 Å². The van der Waals surface area contributed by atoms with Crippen LogP contribution >= 0.6 is 0 Å². The Hall–Kier alpha value is -0.940. The third-order valence-corrected chi connectivity index (χ3v) is 11.4. The Morgan fingerprint density at radius 3 is 2.50 bits per heavy atom. The van der Waals surface area contributed by atoms with Gasteiger partial charge in [-0.25, -0.2) is 0 Å². The lowest BCUT2D eigenvalue weighted by Crippen LogP contribution is -2.61. The summed E-state index contributed by atoms with van der Waals surface area (Å²) in [4.78, 5) is 2.42. The third-order valence-electron chi connectivity index (χ3n) is 11.4. The zero-order valence-corrected chi connectivity index (χ0v) is 23.0. The summed E-state index contributed by atoms with van der Waals surface area (Å²) < 4.78 is 0. The van der Waals surface area contributed by atoms with E-state index in [0.717, 1.165) is 58.0 Å². The van der Waals surface area contributed by atoms with Crippen molar-refractivity contribution in [2.75, 3.05) is 13.6 Å². The molecule has 2 radical (unpaired) electrons. The first kappa shape index (κ1) is 26.7. The lowest BCUT2D eigenvalue weighted by atomic mass is 9.43. The second-order valence-electron chi connectivity index (χ2n) is 13.4. The molecule has 1 aromatic carbocycles. The van der Waals surface area contributed by atoms with Gasteiger partial charge in [0.05, 0.1) is 18.3 Å². The normalized spacial score (nSPS) is 42.1. The molecule has 4 aliphatic rings. The van der Waals surface area contributed by atoms with Crippen molar-refractivity contribution in [2.24, 2.45) is 34.5 Å². The fraction of sp³-hybridized carbons (Fsp3) is 0.750. The highest BCUT2D eigenvalue weighted by molar-refractivity contribution is 5.32. The quantitative estimate of drug-likeness (QED) is 0.473. The standard InChI is InChI=1S/C32H49NO3/c1-21(9-8-16-33(4)20-22-10-6-5-7-11-22)25-12-13-26-30-27(19-29(36)32(25,26)3)31(2)15-14-24(34)17-23(31)18-28(30)35/h5-7,10-11,21,24-29,34-36H,8-9,12-20H2,1-4H3/t21-,24+,25+,26-,27-,28+,29-,31-,32+/m0/s1. The number of hydrogen-bond donors (Lipinski definition) is 3. The molecule has 4 fully saturated rings. The van der Waals surface area contributed by atoms with Gasteiger partial charge in [-0.2, -0.15) is 0 Å². The van der Waals surface area contributed by atoms with Gasteiger partial charge >= 0.3 is 0 Å². The topological polar surface area (TPSA) is 63.9 Å². The summed E-state index contributed by atoms with van der Waals surface area (Å²) in [6.45, 7) is 9.20. The maximum atomic E-state index is 11.8. The monoisotopic (exact) mass is 495 g/mol. The molecular formula is C32H49NO3. The second-order valence-corrected chi connectivity index (χ2v) is 13.4. The average Bonchev–Trinajstić information content (AvgIpc) is 3.20. The lowest BCUT2D eigenvalue weighted by Gasteiger charge is -2.63. The number of rotatable bonds is 7. The van der Waals surface area contributed by atoms with Crippen molar-refractivity contribution in [3.63, 3.8) is 0 Å². The molecule has 4 saturated carbocycles. The Morgan fingerprint density at radius 2 is 1.75 bits per heavy atom. The number of fused-ring (bicyclic) bond motifs is 5. The molecule has 0 bridgehead atoms. The van der Waals surface area contributed by atoms with E-state index in [1.165, 1.54) is 30.2 Å². The van der Waals surface area contributed by atoms with E-state index in [4.69, 9.17) is 0 Å². The highest BCUT2D eigenvalue weighted by Gasteiger charge is 2.66. The summed E-state index contributed by atoms with van der Waals surface area (Å²) in [7, 11) is 2.22. The van der Waals surface area contributed by atoms with Crippen LogP contribution in [0.4, 0.5) is 0 Å². The van der Waals surface area contributed by atoms with Crippen molar-refractivity contribution in [2.45, 2.75) is 103 Å². The smallest absolute Gasteiger partial charge is 0.0614 e. The van der Waals surface area contributed by atoms with E-state index < -0.39 is 6.10 Å². The molecule has 200 valence electrons. The largest absolute Gasteiger partial charge is 0.393 e. The maximum Gasteiger partial charge on any atom is 0.0614 e. The van der Waals surface area contributed by atoms with Crippen LogP contribution in [0.2, 0.25) is 0 Å². The third kappa shape index (κ3) is 4.59. The van der Waals surface area contributed by atoms with Gasteiger partial charge < -0.3 is 20.2 Å². The van der Waals surface area contributed by atoms with Gasteiger partial charge in [0.15, 0.2) is 0 Å². The van der Waals surface area contributed by atoms with Crippen LogP contribution in [0.25, 0.3) is 0 Å². The van der Waals surface area contributed by atoms with Crippen molar-refractivity contribution in [3.05, 3.63) is 47.7 Å². The van der Waals surface area contributed by atoms with E-state index in [9.17, 15) is 15.3 Å². The molecule has 5 rings (SSSR count). The summed E-state index contributed by atoms with van der Waals surface area (Å²) in [6, 6.07) is 10.7. The Labute approximate surface area is 219 Å². The van der Waals surface area contributed by atoms with Crippen molar-refractivity contribution in [1.29, 1.82) is 0 Å². The van der Waals surface area contributed by atoms with Crippen molar-refractivity contribution in [3.8, 4) is 0 Å². The van der Waals surface area contributed by atoms with E-state index >= 15 is 0 Å². The van der Waals surface area contributed by atoms with Gasteiger partial charge in [-0.3, -0.25) is 0 Å².